The van der Waals surface area contributed by atoms with Gasteiger partial charge in [0.15, 0.2) is 0 Å². The maximum Gasteiger partial charge on any atom is 0.336 e. The summed E-state index contributed by atoms with van der Waals surface area (Å²) in [5, 5.41) is 24.3. The Labute approximate surface area is 219 Å². The lowest BCUT2D eigenvalue weighted by atomic mass is 9.86. The lowest BCUT2D eigenvalue weighted by Gasteiger charge is -2.27. The van der Waals surface area contributed by atoms with E-state index in [4.69, 9.17) is 14.6 Å². The second-order valence-electron chi connectivity index (χ2n) is 9.83. The Hall–Kier alpha value is -4.33. The summed E-state index contributed by atoms with van der Waals surface area (Å²) < 4.78 is 12.3. The number of carbonyl (C=O) groups is 2. The predicted octanol–water partition coefficient (Wildman–Crippen LogP) is 3.91. The number of hydrogen-bond acceptors (Lipinski definition) is 6. The first-order valence-electron chi connectivity index (χ1n) is 13.0. The highest BCUT2D eigenvalue weighted by Crippen LogP contribution is 2.42. The highest BCUT2D eigenvalue weighted by Gasteiger charge is 2.27. The van der Waals surface area contributed by atoms with Gasteiger partial charge in [0, 0.05) is 59.2 Å². The number of aliphatic carboxylic acids is 1. The normalized spacial score (nSPS) is 15.0. The van der Waals surface area contributed by atoms with E-state index in [1.807, 2.05) is 12.1 Å². The third-order valence-electron chi connectivity index (χ3n) is 7.26. The monoisotopic (exact) mass is 512 g/mol. The molecule has 3 heterocycles. The van der Waals surface area contributed by atoms with Gasteiger partial charge in [-0.2, -0.15) is 0 Å². The molecule has 8 nitrogen and oxygen atoms in total. The molecule has 0 aromatic heterocycles. The number of anilines is 1. The molecule has 0 spiro atoms. The average Bonchev–Trinajstić information content (AvgIpc) is 2.91. The number of aromatic carboxylic acids is 1. The Morgan fingerprint density at radius 1 is 0.974 bits per heavy atom. The third-order valence-corrected chi connectivity index (χ3v) is 7.26. The fourth-order valence-electron chi connectivity index (χ4n) is 5.46. The number of carboxylic acids is 2. The number of nitrogens with zero attached hydrogens (tertiary/aromatic N) is 1. The van der Waals surface area contributed by atoms with E-state index in [-0.39, 0.29) is 18.6 Å². The molecule has 0 aliphatic carbocycles. The first-order valence-corrected chi connectivity index (χ1v) is 13.0. The molecule has 0 unspecified atom stereocenters. The van der Waals surface area contributed by atoms with E-state index in [2.05, 4.69) is 22.4 Å². The van der Waals surface area contributed by atoms with E-state index >= 15 is 0 Å². The zero-order chi connectivity index (χ0) is 26.2. The Balaban J connectivity index is 1.58. The van der Waals surface area contributed by atoms with Gasteiger partial charge in [-0.05, 0) is 73.6 Å². The maximum absolute atomic E-state index is 12.4. The maximum atomic E-state index is 12.4. The summed E-state index contributed by atoms with van der Waals surface area (Å²) in [6, 6.07) is 13.1. The van der Waals surface area contributed by atoms with E-state index in [1.54, 1.807) is 18.2 Å². The van der Waals surface area contributed by atoms with Gasteiger partial charge in [-0.15, -0.1) is 0 Å². The van der Waals surface area contributed by atoms with Crippen molar-refractivity contribution in [3.05, 3.63) is 80.9 Å². The number of hydrogen-bond donors (Lipinski definition) is 3. The van der Waals surface area contributed by atoms with Gasteiger partial charge >= 0.3 is 11.9 Å². The van der Waals surface area contributed by atoms with Crippen molar-refractivity contribution in [2.45, 2.75) is 38.5 Å². The van der Waals surface area contributed by atoms with Crippen LogP contribution in [0.15, 0.2) is 47.5 Å². The number of rotatable bonds is 7. The third kappa shape index (κ3) is 4.47. The predicted molar refractivity (Wildman–Crippen MR) is 141 cm³/mol. The minimum Gasteiger partial charge on any atom is -0.494 e. The summed E-state index contributed by atoms with van der Waals surface area (Å²) in [5.41, 5.74) is 5.66. The molecule has 0 bridgehead atoms. The molecule has 3 aromatic rings. The van der Waals surface area contributed by atoms with Crippen molar-refractivity contribution < 1.29 is 29.3 Å². The van der Waals surface area contributed by atoms with Crippen molar-refractivity contribution >= 4 is 23.2 Å². The lowest BCUT2D eigenvalue weighted by molar-refractivity contribution is -0.137. The Bertz CT molecular complexity index is 1590. The van der Waals surface area contributed by atoms with E-state index in [1.165, 1.54) is 5.56 Å². The average molecular weight is 513 g/mol. The topological polar surface area (TPSA) is 117 Å². The molecule has 8 heteroatoms. The van der Waals surface area contributed by atoms with Crippen LogP contribution in [-0.4, -0.2) is 41.8 Å². The van der Waals surface area contributed by atoms with Crippen molar-refractivity contribution in [3.63, 3.8) is 0 Å². The highest BCUT2D eigenvalue weighted by molar-refractivity contribution is 5.99. The van der Waals surface area contributed by atoms with Crippen molar-refractivity contribution in [1.82, 2.24) is 0 Å². The minimum absolute atomic E-state index is 0.00480. The Kier molecular flexibility index (Phi) is 6.23. The van der Waals surface area contributed by atoms with Crippen molar-refractivity contribution in [2.75, 3.05) is 25.0 Å². The summed E-state index contributed by atoms with van der Waals surface area (Å²) >= 11 is 0. The van der Waals surface area contributed by atoms with Crippen LogP contribution in [0.4, 0.5) is 5.69 Å². The second-order valence-corrected chi connectivity index (χ2v) is 9.83. The van der Waals surface area contributed by atoms with Crippen LogP contribution in [0, 0.1) is 0 Å². The molecule has 194 valence electrons. The quantitative estimate of drug-likeness (QED) is 0.322. The van der Waals surface area contributed by atoms with E-state index < -0.39 is 11.9 Å². The standard InChI is InChI=1S/C30H28N2O6/c33-28(34)6-3-11-37-19-7-8-20(30(35)36)21(14-19)29-22-12-17-4-1-9-31-24(17)15-26(22)38-27-16-25-18(13-23(27)29)5-2-10-32-25/h7-8,12-16,31H,1-6,9-11H2,(H,33,34)(H,35,36). The summed E-state index contributed by atoms with van der Waals surface area (Å²) in [6.45, 7) is 1.90. The van der Waals surface area contributed by atoms with Gasteiger partial charge < -0.3 is 25.0 Å². The largest absolute Gasteiger partial charge is 0.494 e. The molecular weight excluding hydrogens is 484 g/mol. The molecule has 0 amide bonds. The highest BCUT2D eigenvalue weighted by atomic mass is 16.5. The number of carboxylic acid groups (broad SMARTS) is 2. The van der Waals surface area contributed by atoms with E-state index in [0.717, 1.165) is 71.7 Å². The van der Waals surface area contributed by atoms with Crippen LogP contribution in [0.1, 0.15) is 58.3 Å². The molecular formula is C30H28N2O6. The number of ether oxygens (including phenoxy) is 2. The van der Waals surface area contributed by atoms with Crippen LogP contribution in [0.25, 0.3) is 5.57 Å². The lowest BCUT2D eigenvalue weighted by Crippen LogP contribution is -2.26. The number of fused-ring (bicyclic) bond motifs is 4. The van der Waals surface area contributed by atoms with Crippen LogP contribution in [0.5, 0.6) is 17.2 Å². The van der Waals surface area contributed by atoms with Crippen molar-refractivity contribution in [3.8, 4) is 17.2 Å². The smallest absolute Gasteiger partial charge is 0.336 e. The summed E-state index contributed by atoms with van der Waals surface area (Å²) in [6.07, 6.45) is 4.18. The first kappa shape index (κ1) is 24.0. The van der Waals surface area contributed by atoms with Gasteiger partial charge in [-0.25, -0.2) is 4.79 Å². The van der Waals surface area contributed by atoms with Gasteiger partial charge in [0.25, 0.3) is 0 Å². The zero-order valence-electron chi connectivity index (χ0n) is 20.9. The Morgan fingerprint density at radius 3 is 2.68 bits per heavy atom. The number of benzene rings is 3. The van der Waals surface area contributed by atoms with Crippen LogP contribution >= 0.6 is 0 Å². The van der Waals surface area contributed by atoms with Gasteiger partial charge in [-0.3, -0.25) is 9.79 Å². The molecule has 38 heavy (non-hydrogen) atoms. The minimum atomic E-state index is -1.04. The zero-order valence-corrected chi connectivity index (χ0v) is 20.9. The van der Waals surface area contributed by atoms with Crippen molar-refractivity contribution in [1.29, 1.82) is 0 Å². The van der Waals surface area contributed by atoms with Gasteiger partial charge in [0.05, 0.1) is 17.5 Å². The molecule has 0 saturated carbocycles. The van der Waals surface area contributed by atoms with E-state index in [9.17, 15) is 14.7 Å². The SMILES string of the molecule is O=C(O)CCCOc1ccc(C(=O)O)c(C2=c3cc4c(cc3Oc3cc5c(cc32)CCCN5)=NCCC4)c1. The second kappa shape index (κ2) is 9.85. The molecule has 0 fully saturated rings. The molecule has 3 aliphatic heterocycles. The molecule has 0 atom stereocenters. The van der Waals surface area contributed by atoms with Crippen LogP contribution in [0.2, 0.25) is 0 Å². The van der Waals surface area contributed by atoms with Gasteiger partial charge in [-0.1, -0.05) is 0 Å². The van der Waals surface area contributed by atoms with Crippen LogP contribution < -0.4 is 25.4 Å². The molecule has 3 N–H and O–H groups in total. The van der Waals surface area contributed by atoms with Crippen LogP contribution in [0.3, 0.4) is 0 Å². The summed E-state index contributed by atoms with van der Waals surface area (Å²) in [5.74, 6) is -0.108. The van der Waals surface area contributed by atoms with Gasteiger partial charge in [0.1, 0.15) is 17.2 Å². The van der Waals surface area contributed by atoms with E-state index in [0.29, 0.717) is 29.2 Å². The van der Waals surface area contributed by atoms with Gasteiger partial charge in [0.2, 0.25) is 0 Å². The fraction of sp³-hybridized carbons (Fsp3) is 0.300. The number of nitrogens with one attached hydrogen (secondary N) is 1. The van der Waals surface area contributed by atoms with Crippen LogP contribution in [-0.2, 0) is 17.6 Å². The first-order chi connectivity index (χ1) is 18.5. The van der Waals surface area contributed by atoms with Crippen molar-refractivity contribution in [2.24, 2.45) is 4.99 Å². The molecule has 6 rings (SSSR count). The summed E-state index contributed by atoms with van der Waals surface area (Å²) in [7, 11) is 0. The fourth-order valence-corrected chi connectivity index (χ4v) is 5.46. The molecule has 0 radical (unpaired) electrons. The number of aryl methyl sites for hydroxylation is 2. The summed E-state index contributed by atoms with van der Waals surface area (Å²) in [4.78, 5) is 28.0. The Morgan fingerprint density at radius 2 is 1.84 bits per heavy atom. The molecule has 3 aromatic carbocycles. The molecule has 0 saturated heterocycles. The molecule has 3 aliphatic rings.